The fraction of sp³-hybridized carbons (Fsp3) is 0.375. The van der Waals surface area contributed by atoms with Crippen LogP contribution < -0.4 is 0 Å². The van der Waals surface area contributed by atoms with Crippen LogP contribution in [-0.4, -0.2) is 22.5 Å². The molecule has 0 spiro atoms. The van der Waals surface area contributed by atoms with E-state index in [1.807, 2.05) is 12.1 Å². The van der Waals surface area contributed by atoms with E-state index in [1.165, 1.54) is 0 Å². The summed E-state index contributed by atoms with van der Waals surface area (Å²) in [5, 5.41) is 0. The van der Waals surface area contributed by atoms with Crippen molar-refractivity contribution in [2.75, 3.05) is 0 Å². The lowest BCUT2D eigenvalue weighted by atomic mass is 10.1. The first-order chi connectivity index (χ1) is 9.76. The van der Waals surface area contributed by atoms with Crippen molar-refractivity contribution < 1.29 is 9.59 Å². The summed E-state index contributed by atoms with van der Waals surface area (Å²) in [5.74, 6) is 0. The van der Waals surface area contributed by atoms with Crippen LogP contribution in [0.1, 0.15) is 58.8 Å². The number of hydrogen-bond acceptors (Lipinski definition) is 2. The summed E-state index contributed by atoms with van der Waals surface area (Å²) in [6, 6.07) is 3.90. The molecule has 0 aliphatic heterocycles. The molecule has 2 heterocycles. The van der Waals surface area contributed by atoms with Crippen LogP contribution in [0.4, 0.5) is 0 Å². The van der Waals surface area contributed by atoms with Gasteiger partial charge >= 0.3 is 0 Å². The Bertz CT molecular complexity index is 478. The second-order valence-corrected chi connectivity index (χ2v) is 4.57. The lowest BCUT2D eigenvalue weighted by Gasteiger charge is -1.92. The number of carbonyl (C=O) groups excluding carboxylic acids is 2. The summed E-state index contributed by atoms with van der Waals surface area (Å²) < 4.78 is 0. The maximum Gasteiger partial charge on any atom is 0.166 e. The van der Waals surface area contributed by atoms with Crippen molar-refractivity contribution in [3.8, 4) is 0 Å². The van der Waals surface area contributed by atoms with E-state index in [0.29, 0.717) is 0 Å². The number of H-pyrrole nitrogens is 2. The number of aromatic amines is 2. The summed E-state index contributed by atoms with van der Waals surface area (Å²) in [7, 11) is 0. The van der Waals surface area contributed by atoms with Gasteiger partial charge in [0.2, 0.25) is 0 Å². The van der Waals surface area contributed by atoms with Gasteiger partial charge in [-0.05, 0) is 36.1 Å². The van der Waals surface area contributed by atoms with Crippen LogP contribution in [0.2, 0.25) is 0 Å². The largest absolute Gasteiger partial charge is 0.359 e. The Morgan fingerprint density at radius 1 is 0.850 bits per heavy atom. The van der Waals surface area contributed by atoms with Gasteiger partial charge in [0.25, 0.3) is 0 Å². The number of aromatic nitrogens is 2. The molecule has 0 saturated carbocycles. The van der Waals surface area contributed by atoms with Gasteiger partial charge in [-0.2, -0.15) is 0 Å². The minimum absolute atomic E-state index is 0.724. The summed E-state index contributed by atoms with van der Waals surface area (Å²) in [4.78, 5) is 26.4. The zero-order chi connectivity index (χ0) is 14.8. The van der Waals surface area contributed by atoms with Gasteiger partial charge in [-0.15, -0.1) is 0 Å². The second-order valence-electron chi connectivity index (χ2n) is 4.57. The third-order valence-corrected chi connectivity index (χ3v) is 3.01. The molecule has 2 N–H and O–H groups in total. The molecule has 4 nitrogen and oxygen atoms in total. The molecule has 2 aromatic rings. The lowest BCUT2D eigenvalue weighted by molar-refractivity contribution is 0.111. The van der Waals surface area contributed by atoms with Gasteiger partial charge in [0.1, 0.15) is 0 Å². The van der Waals surface area contributed by atoms with Gasteiger partial charge in [-0.1, -0.05) is 26.7 Å². The maximum atomic E-state index is 10.3. The average molecular weight is 274 g/mol. The van der Waals surface area contributed by atoms with Crippen molar-refractivity contribution in [3.05, 3.63) is 47.0 Å². The lowest BCUT2D eigenvalue weighted by Crippen LogP contribution is -1.87. The molecule has 108 valence electrons. The molecular weight excluding hydrogens is 252 g/mol. The van der Waals surface area contributed by atoms with E-state index in [4.69, 9.17) is 0 Å². The van der Waals surface area contributed by atoms with E-state index in [2.05, 4.69) is 23.8 Å². The van der Waals surface area contributed by atoms with Crippen molar-refractivity contribution in [1.29, 1.82) is 0 Å². The van der Waals surface area contributed by atoms with Crippen LogP contribution in [-0.2, 0) is 12.8 Å². The molecule has 0 bridgehead atoms. The molecule has 0 aromatic carbocycles. The van der Waals surface area contributed by atoms with Gasteiger partial charge in [-0.3, -0.25) is 9.59 Å². The van der Waals surface area contributed by atoms with Crippen molar-refractivity contribution in [2.24, 2.45) is 0 Å². The number of aldehydes is 2. The van der Waals surface area contributed by atoms with Gasteiger partial charge in [0.05, 0.1) is 11.4 Å². The molecule has 2 aromatic heterocycles. The van der Waals surface area contributed by atoms with E-state index in [1.54, 1.807) is 12.4 Å². The van der Waals surface area contributed by atoms with Crippen LogP contribution in [0, 0.1) is 0 Å². The fourth-order valence-electron chi connectivity index (χ4n) is 2.02. The minimum atomic E-state index is 0.724. The highest BCUT2D eigenvalue weighted by molar-refractivity contribution is 5.74. The van der Waals surface area contributed by atoms with Crippen LogP contribution >= 0.6 is 0 Å². The van der Waals surface area contributed by atoms with E-state index in [0.717, 1.165) is 60.8 Å². The highest BCUT2D eigenvalue weighted by atomic mass is 16.1. The smallest absolute Gasteiger partial charge is 0.166 e. The first-order valence-electron chi connectivity index (χ1n) is 6.99. The van der Waals surface area contributed by atoms with E-state index in [9.17, 15) is 9.59 Å². The molecule has 0 amide bonds. The van der Waals surface area contributed by atoms with E-state index in [-0.39, 0.29) is 0 Å². The standard InChI is InChI=1S/2C8H11NO/c2*1-2-3-7-4-5-9-8(7)6-10/h2*4-6,9H,2-3H2,1H3. The molecule has 4 heteroatoms. The van der Waals surface area contributed by atoms with Gasteiger partial charge in [0, 0.05) is 12.4 Å². The molecule has 2 rings (SSSR count). The molecule has 20 heavy (non-hydrogen) atoms. The molecular formula is C16H22N2O2. The van der Waals surface area contributed by atoms with Crippen LogP contribution in [0.25, 0.3) is 0 Å². The average Bonchev–Trinajstić information content (AvgIpc) is 3.09. The van der Waals surface area contributed by atoms with Crippen molar-refractivity contribution in [2.45, 2.75) is 39.5 Å². The molecule has 0 unspecified atom stereocenters. The van der Waals surface area contributed by atoms with Crippen LogP contribution in [0.5, 0.6) is 0 Å². The number of rotatable bonds is 6. The zero-order valence-corrected chi connectivity index (χ0v) is 12.1. The number of carbonyl (C=O) groups is 2. The van der Waals surface area contributed by atoms with Crippen LogP contribution in [0.15, 0.2) is 24.5 Å². The Labute approximate surface area is 119 Å². The van der Waals surface area contributed by atoms with Crippen LogP contribution in [0.3, 0.4) is 0 Å². The second kappa shape index (κ2) is 8.91. The molecule has 0 atom stereocenters. The topological polar surface area (TPSA) is 65.7 Å². The Hall–Kier alpha value is -2.10. The monoisotopic (exact) mass is 274 g/mol. The Balaban J connectivity index is 0.000000200. The Morgan fingerprint density at radius 3 is 1.55 bits per heavy atom. The van der Waals surface area contributed by atoms with Gasteiger partial charge in [-0.25, -0.2) is 0 Å². The first-order valence-corrected chi connectivity index (χ1v) is 6.99. The number of aryl methyl sites for hydroxylation is 2. The number of hydrogen-bond donors (Lipinski definition) is 2. The SMILES string of the molecule is CCCc1cc[nH]c1C=O.CCCc1cc[nH]c1C=O. The summed E-state index contributed by atoms with van der Waals surface area (Å²) >= 11 is 0. The predicted molar refractivity (Wildman–Crippen MR) is 80.4 cm³/mol. The third kappa shape index (κ3) is 4.53. The first kappa shape index (κ1) is 16.0. The van der Waals surface area contributed by atoms with Gasteiger partial charge < -0.3 is 9.97 Å². The highest BCUT2D eigenvalue weighted by Crippen LogP contribution is 2.06. The van der Waals surface area contributed by atoms with Crippen molar-refractivity contribution in [3.63, 3.8) is 0 Å². The maximum absolute atomic E-state index is 10.3. The van der Waals surface area contributed by atoms with Gasteiger partial charge in [0.15, 0.2) is 12.6 Å². The minimum Gasteiger partial charge on any atom is -0.359 e. The zero-order valence-electron chi connectivity index (χ0n) is 12.1. The van der Waals surface area contributed by atoms with Crippen molar-refractivity contribution >= 4 is 12.6 Å². The molecule has 0 aliphatic carbocycles. The fourth-order valence-corrected chi connectivity index (χ4v) is 2.02. The molecule has 0 radical (unpaired) electrons. The summed E-state index contributed by atoms with van der Waals surface area (Å²) in [6.07, 6.45) is 9.46. The van der Waals surface area contributed by atoms with Crippen molar-refractivity contribution in [1.82, 2.24) is 9.97 Å². The van der Waals surface area contributed by atoms with E-state index < -0.39 is 0 Å². The quantitative estimate of drug-likeness (QED) is 0.791. The molecule has 0 saturated heterocycles. The summed E-state index contributed by atoms with van der Waals surface area (Å²) in [6.45, 7) is 4.20. The highest BCUT2D eigenvalue weighted by Gasteiger charge is 1.99. The van der Waals surface area contributed by atoms with E-state index >= 15 is 0 Å². The summed E-state index contributed by atoms with van der Waals surface area (Å²) in [5.41, 5.74) is 3.69. The Kier molecular flexibility index (Phi) is 7.11. The third-order valence-electron chi connectivity index (χ3n) is 3.01. The predicted octanol–water partition coefficient (Wildman–Crippen LogP) is 3.56. The normalized spacial score (nSPS) is 9.70. The molecule has 0 aliphatic rings. The number of nitrogens with one attached hydrogen (secondary N) is 2. The Morgan fingerprint density at radius 2 is 1.25 bits per heavy atom. The molecule has 0 fully saturated rings.